The number of hydrogen-bond acceptors (Lipinski definition) is 8. The van der Waals surface area contributed by atoms with E-state index >= 15 is 0 Å². The highest BCUT2D eigenvalue weighted by Crippen LogP contribution is 2.36. The number of hydrogen-bond donors (Lipinski definition) is 3. The van der Waals surface area contributed by atoms with E-state index < -0.39 is 40.5 Å². The average molecular weight is 556 g/mol. The lowest BCUT2D eigenvalue weighted by atomic mass is 10.1. The van der Waals surface area contributed by atoms with Gasteiger partial charge in [-0.05, 0) is 55.5 Å². The molecule has 1 saturated heterocycles. The first-order valence-corrected chi connectivity index (χ1v) is 12.9. The van der Waals surface area contributed by atoms with Gasteiger partial charge in [-0.1, -0.05) is 35.6 Å². The van der Waals surface area contributed by atoms with Crippen LogP contribution >= 0.6 is 35.6 Å². The minimum Gasteiger partial charge on any atom is -0.483 e. The lowest BCUT2D eigenvalue weighted by Crippen LogP contribution is -2.41. The maximum absolute atomic E-state index is 12.7. The molecular weight excluding hydrogens is 538 g/mol. The number of amides is 2. The van der Waals surface area contributed by atoms with Crippen LogP contribution in [0, 0.1) is 0 Å². The van der Waals surface area contributed by atoms with E-state index in [2.05, 4.69) is 5.32 Å². The van der Waals surface area contributed by atoms with Crippen LogP contribution < -0.4 is 15.2 Å². The zero-order valence-electron chi connectivity index (χ0n) is 17.9. The van der Waals surface area contributed by atoms with Gasteiger partial charge in [0.05, 0.1) is 9.80 Å². The van der Waals surface area contributed by atoms with Gasteiger partial charge in [-0.2, -0.15) is 0 Å². The molecule has 1 aliphatic rings. The topological polar surface area (TPSA) is 156 Å². The second kappa shape index (κ2) is 10.7. The van der Waals surface area contributed by atoms with E-state index in [1.165, 1.54) is 55.5 Å². The second-order valence-electron chi connectivity index (χ2n) is 7.15. The molecule has 1 atom stereocenters. The zero-order chi connectivity index (χ0) is 25.9. The first-order valence-electron chi connectivity index (χ1n) is 9.72. The molecule has 14 heteroatoms. The number of anilines is 1. The van der Waals surface area contributed by atoms with E-state index in [0.29, 0.717) is 16.3 Å². The number of nitrogens with two attached hydrogens (primary N) is 1. The SMILES string of the molecule is CC(C(=O)O)N1C(=O)/C(=C/c2cc(Cl)ccc2OCC(=O)Nc2ccc(S(N)(=O)=O)cc2)SC1=S. The van der Waals surface area contributed by atoms with Crippen molar-refractivity contribution in [3.05, 3.63) is 58.0 Å². The lowest BCUT2D eigenvalue weighted by Gasteiger charge is -2.18. The second-order valence-corrected chi connectivity index (χ2v) is 10.8. The number of thiocarbonyl (C=S) groups is 1. The zero-order valence-corrected chi connectivity index (χ0v) is 21.1. The molecule has 35 heavy (non-hydrogen) atoms. The number of aliphatic carboxylic acids is 1. The third-order valence-corrected chi connectivity index (χ3v) is 7.15. The fraction of sp³-hybridized carbons (Fsp3) is 0.143. The third-order valence-electron chi connectivity index (χ3n) is 4.65. The number of carboxylic acid groups (broad SMARTS) is 1. The van der Waals surface area contributed by atoms with E-state index in [-0.39, 0.29) is 19.9 Å². The number of sulfonamides is 1. The van der Waals surface area contributed by atoms with Gasteiger partial charge in [0, 0.05) is 16.3 Å². The monoisotopic (exact) mass is 555 g/mol. The number of carbonyl (C=O) groups excluding carboxylic acids is 2. The van der Waals surface area contributed by atoms with Gasteiger partial charge >= 0.3 is 5.97 Å². The Morgan fingerprint density at radius 3 is 2.54 bits per heavy atom. The summed E-state index contributed by atoms with van der Waals surface area (Å²) < 4.78 is 28.3. The summed E-state index contributed by atoms with van der Waals surface area (Å²) in [6.07, 6.45) is 1.46. The van der Waals surface area contributed by atoms with Crippen LogP contribution in [0.2, 0.25) is 5.02 Å². The highest BCUT2D eigenvalue weighted by atomic mass is 35.5. The van der Waals surface area contributed by atoms with Crippen LogP contribution in [0.1, 0.15) is 12.5 Å². The molecule has 0 radical (unpaired) electrons. The molecule has 1 heterocycles. The number of benzene rings is 2. The van der Waals surface area contributed by atoms with Gasteiger partial charge in [-0.3, -0.25) is 14.5 Å². The summed E-state index contributed by atoms with van der Waals surface area (Å²) in [4.78, 5) is 37.4. The van der Waals surface area contributed by atoms with Crippen molar-refractivity contribution in [1.82, 2.24) is 4.90 Å². The Hall–Kier alpha value is -2.97. The molecule has 2 amide bonds. The maximum Gasteiger partial charge on any atom is 0.326 e. The summed E-state index contributed by atoms with van der Waals surface area (Å²) in [7, 11) is -3.85. The van der Waals surface area contributed by atoms with Crippen LogP contribution in [-0.4, -0.2) is 53.2 Å². The molecule has 4 N–H and O–H groups in total. The number of nitrogens with zero attached hydrogens (tertiary/aromatic N) is 1. The minimum atomic E-state index is -3.85. The van der Waals surface area contributed by atoms with Gasteiger partial charge in [-0.25, -0.2) is 18.4 Å². The van der Waals surface area contributed by atoms with Crippen molar-refractivity contribution in [2.24, 2.45) is 5.14 Å². The highest BCUT2D eigenvalue weighted by molar-refractivity contribution is 8.26. The van der Waals surface area contributed by atoms with Crippen LogP contribution in [-0.2, 0) is 24.4 Å². The van der Waals surface area contributed by atoms with E-state index in [1.807, 2.05) is 0 Å². The van der Waals surface area contributed by atoms with Gasteiger partial charge in [0.2, 0.25) is 10.0 Å². The van der Waals surface area contributed by atoms with Crippen molar-refractivity contribution in [1.29, 1.82) is 0 Å². The normalized spacial score (nSPS) is 15.9. The summed E-state index contributed by atoms with van der Waals surface area (Å²) in [5, 5.41) is 17.2. The first kappa shape index (κ1) is 26.6. The maximum atomic E-state index is 12.7. The first-order chi connectivity index (χ1) is 16.4. The molecule has 0 bridgehead atoms. The van der Waals surface area contributed by atoms with Crippen LogP contribution in [0.4, 0.5) is 5.69 Å². The molecule has 1 aliphatic heterocycles. The Bertz CT molecular complexity index is 1340. The van der Waals surface area contributed by atoms with Crippen molar-refractivity contribution in [2.75, 3.05) is 11.9 Å². The summed E-state index contributed by atoms with van der Waals surface area (Å²) in [6, 6.07) is 8.71. The fourth-order valence-electron chi connectivity index (χ4n) is 2.90. The number of primary sulfonamides is 1. The largest absolute Gasteiger partial charge is 0.483 e. The summed E-state index contributed by atoms with van der Waals surface area (Å²) in [6.45, 7) is 0.946. The van der Waals surface area contributed by atoms with Crippen LogP contribution in [0.15, 0.2) is 52.3 Å². The predicted octanol–water partition coefficient (Wildman–Crippen LogP) is 2.68. The molecule has 0 aromatic heterocycles. The Morgan fingerprint density at radius 1 is 1.29 bits per heavy atom. The van der Waals surface area contributed by atoms with Crippen molar-refractivity contribution in [2.45, 2.75) is 17.9 Å². The smallest absolute Gasteiger partial charge is 0.326 e. The third kappa shape index (κ3) is 6.58. The number of carboxylic acids is 1. The Morgan fingerprint density at radius 2 is 1.94 bits per heavy atom. The molecular formula is C21H18ClN3O7S3. The van der Waals surface area contributed by atoms with Crippen LogP contribution in [0.25, 0.3) is 6.08 Å². The van der Waals surface area contributed by atoms with E-state index in [9.17, 15) is 27.9 Å². The quantitative estimate of drug-likeness (QED) is 0.329. The van der Waals surface area contributed by atoms with Gasteiger partial charge in [-0.15, -0.1) is 0 Å². The number of carbonyl (C=O) groups is 3. The number of thioether (sulfide) groups is 1. The number of nitrogens with one attached hydrogen (secondary N) is 1. The van der Waals surface area contributed by atoms with Gasteiger partial charge in [0.1, 0.15) is 16.1 Å². The molecule has 184 valence electrons. The van der Waals surface area contributed by atoms with Gasteiger partial charge < -0.3 is 15.2 Å². The Labute approximate surface area is 215 Å². The van der Waals surface area contributed by atoms with Crippen molar-refractivity contribution < 1.29 is 32.6 Å². The van der Waals surface area contributed by atoms with Crippen molar-refractivity contribution >= 4 is 79.5 Å². The molecule has 2 aromatic rings. The lowest BCUT2D eigenvalue weighted by molar-refractivity contribution is -0.144. The Kier molecular flexibility index (Phi) is 8.18. The minimum absolute atomic E-state index is 0.0966. The predicted molar refractivity (Wildman–Crippen MR) is 136 cm³/mol. The summed E-state index contributed by atoms with van der Waals surface area (Å²) >= 11 is 12.2. The van der Waals surface area contributed by atoms with Crippen LogP contribution in [0.3, 0.4) is 0 Å². The van der Waals surface area contributed by atoms with E-state index in [0.717, 1.165) is 16.7 Å². The average Bonchev–Trinajstić information content (AvgIpc) is 3.05. The van der Waals surface area contributed by atoms with Crippen molar-refractivity contribution in [3.63, 3.8) is 0 Å². The molecule has 0 aliphatic carbocycles. The van der Waals surface area contributed by atoms with Crippen LogP contribution in [0.5, 0.6) is 5.75 Å². The molecule has 0 saturated carbocycles. The fourth-order valence-corrected chi connectivity index (χ4v) is 5.00. The van der Waals surface area contributed by atoms with E-state index in [1.54, 1.807) is 0 Å². The molecule has 1 fully saturated rings. The number of rotatable bonds is 8. The molecule has 3 rings (SSSR count). The van der Waals surface area contributed by atoms with Gasteiger partial charge in [0.15, 0.2) is 6.61 Å². The van der Waals surface area contributed by atoms with Crippen molar-refractivity contribution in [3.8, 4) is 5.75 Å². The number of halogens is 1. The molecule has 1 unspecified atom stereocenters. The summed E-state index contributed by atoms with van der Waals surface area (Å²) in [5.41, 5.74) is 0.713. The van der Waals surface area contributed by atoms with Gasteiger partial charge in [0.25, 0.3) is 11.8 Å². The molecule has 10 nitrogen and oxygen atoms in total. The molecule has 2 aromatic carbocycles. The van der Waals surface area contributed by atoms with E-state index in [4.69, 9.17) is 33.7 Å². The Balaban J connectivity index is 1.73. The molecule has 0 spiro atoms. The highest BCUT2D eigenvalue weighted by Gasteiger charge is 2.38. The summed E-state index contributed by atoms with van der Waals surface area (Å²) in [5.74, 6) is -2.05. The standard InChI is InChI=1S/C21H18ClN3O7S3/c1-11(20(28)29)25-19(27)17(34-21(25)33)9-12-8-13(22)2-7-16(12)32-10-18(26)24-14-3-5-15(6-4-14)35(23,30)31/h2-9,11H,10H2,1H3,(H,24,26)(H,28,29)(H2,23,30,31)/b17-9-. The number of ether oxygens (including phenoxy) is 1.